The van der Waals surface area contributed by atoms with E-state index in [2.05, 4.69) is 5.32 Å². The molecule has 0 aromatic heterocycles. The standard InChI is InChI=1S/C14H13ClN2O3/c15-9-3-1-2-8(6-9)14(20)17(10-4-5-10)11-7-12(18)16-13(11)19/h1-3,6,10-11H,4-5,7H2,(H,16,18,19). The van der Waals surface area contributed by atoms with Gasteiger partial charge in [0, 0.05) is 16.6 Å². The van der Waals surface area contributed by atoms with E-state index < -0.39 is 11.9 Å². The van der Waals surface area contributed by atoms with Crippen molar-refractivity contribution in [3.63, 3.8) is 0 Å². The Morgan fingerprint density at radius 1 is 1.30 bits per heavy atom. The molecule has 1 heterocycles. The number of amides is 3. The van der Waals surface area contributed by atoms with Crippen molar-refractivity contribution in [2.75, 3.05) is 0 Å². The highest BCUT2D eigenvalue weighted by Gasteiger charge is 2.44. The fourth-order valence-corrected chi connectivity index (χ4v) is 2.64. The summed E-state index contributed by atoms with van der Waals surface area (Å²) in [5.41, 5.74) is 0.441. The van der Waals surface area contributed by atoms with Crippen molar-refractivity contribution < 1.29 is 14.4 Å². The minimum atomic E-state index is -0.693. The van der Waals surface area contributed by atoms with E-state index in [0.717, 1.165) is 12.8 Å². The van der Waals surface area contributed by atoms with E-state index in [1.165, 1.54) is 4.90 Å². The van der Waals surface area contributed by atoms with Crippen LogP contribution < -0.4 is 5.32 Å². The Bertz CT molecular complexity index is 598. The Balaban J connectivity index is 1.89. The largest absolute Gasteiger partial charge is 0.323 e. The Morgan fingerprint density at radius 2 is 2.05 bits per heavy atom. The molecule has 1 aliphatic heterocycles. The van der Waals surface area contributed by atoms with Gasteiger partial charge in [0.1, 0.15) is 6.04 Å². The van der Waals surface area contributed by atoms with Gasteiger partial charge in [-0.25, -0.2) is 0 Å². The normalized spacial score (nSPS) is 21.8. The van der Waals surface area contributed by atoms with Crippen LogP contribution in [-0.2, 0) is 9.59 Å². The lowest BCUT2D eigenvalue weighted by Crippen LogP contribution is -2.45. The van der Waals surface area contributed by atoms with Crippen LogP contribution in [0.25, 0.3) is 0 Å². The summed E-state index contributed by atoms with van der Waals surface area (Å²) < 4.78 is 0. The lowest BCUT2D eigenvalue weighted by molar-refractivity contribution is -0.126. The van der Waals surface area contributed by atoms with Gasteiger partial charge in [0.2, 0.25) is 11.8 Å². The molecule has 1 aliphatic carbocycles. The first kappa shape index (κ1) is 13.1. The van der Waals surface area contributed by atoms with Gasteiger partial charge in [0.05, 0.1) is 6.42 Å². The summed E-state index contributed by atoms with van der Waals surface area (Å²) in [4.78, 5) is 37.3. The van der Waals surface area contributed by atoms with Crippen molar-refractivity contribution in [3.05, 3.63) is 34.9 Å². The maximum Gasteiger partial charge on any atom is 0.254 e. The number of carbonyl (C=O) groups excluding carboxylic acids is 3. The highest BCUT2D eigenvalue weighted by atomic mass is 35.5. The summed E-state index contributed by atoms with van der Waals surface area (Å²) in [5, 5.41) is 2.72. The van der Waals surface area contributed by atoms with Crippen LogP contribution in [-0.4, -0.2) is 34.7 Å². The van der Waals surface area contributed by atoms with Gasteiger partial charge in [0.25, 0.3) is 5.91 Å². The molecule has 0 spiro atoms. The summed E-state index contributed by atoms with van der Waals surface area (Å²) in [6.45, 7) is 0. The van der Waals surface area contributed by atoms with Crippen LogP contribution in [0, 0.1) is 0 Å². The number of hydrogen-bond donors (Lipinski definition) is 1. The molecule has 0 bridgehead atoms. The van der Waals surface area contributed by atoms with E-state index in [4.69, 9.17) is 11.6 Å². The smallest absolute Gasteiger partial charge is 0.254 e. The number of carbonyl (C=O) groups is 3. The molecule has 104 valence electrons. The minimum Gasteiger partial charge on any atom is -0.323 e. The van der Waals surface area contributed by atoms with E-state index in [1.807, 2.05) is 0 Å². The van der Waals surface area contributed by atoms with E-state index >= 15 is 0 Å². The number of imide groups is 1. The van der Waals surface area contributed by atoms with Crippen molar-refractivity contribution in [2.45, 2.75) is 31.3 Å². The van der Waals surface area contributed by atoms with Gasteiger partial charge in [0.15, 0.2) is 0 Å². The first-order valence-electron chi connectivity index (χ1n) is 6.48. The Morgan fingerprint density at radius 3 is 2.60 bits per heavy atom. The van der Waals surface area contributed by atoms with Crippen LogP contribution in [0.2, 0.25) is 5.02 Å². The molecular weight excluding hydrogens is 280 g/mol. The minimum absolute atomic E-state index is 0.0433. The zero-order valence-electron chi connectivity index (χ0n) is 10.6. The number of nitrogens with zero attached hydrogens (tertiary/aromatic N) is 1. The van der Waals surface area contributed by atoms with E-state index in [-0.39, 0.29) is 24.3 Å². The topological polar surface area (TPSA) is 66.5 Å². The van der Waals surface area contributed by atoms with Crippen LogP contribution in [0.1, 0.15) is 29.6 Å². The number of nitrogens with one attached hydrogen (secondary N) is 1. The first-order chi connectivity index (χ1) is 9.56. The van der Waals surface area contributed by atoms with Gasteiger partial charge < -0.3 is 4.90 Å². The summed E-state index contributed by atoms with van der Waals surface area (Å²) in [6, 6.07) is 5.97. The maximum atomic E-state index is 12.6. The molecule has 1 aromatic rings. The molecule has 1 unspecified atom stereocenters. The predicted molar refractivity (Wildman–Crippen MR) is 72.2 cm³/mol. The fourth-order valence-electron chi connectivity index (χ4n) is 2.45. The second-order valence-electron chi connectivity index (χ2n) is 5.09. The molecule has 1 N–H and O–H groups in total. The summed E-state index contributed by atoms with van der Waals surface area (Å²) in [7, 11) is 0. The van der Waals surface area contributed by atoms with E-state index in [0.29, 0.717) is 10.6 Å². The SMILES string of the molecule is O=C1CC(N(C(=O)c2cccc(Cl)c2)C2CC2)C(=O)N1. The van der Waals surface area contributed by atoms with Gasteiger partial charge in [-0.2, -0.15) is 0 Å². The van der Waals surface area contributed by atoms with Gasteiger partial charge >= 0.3 is 0 Å². The highest BCUT2D eigenvalue weighted by Crippen LogP contribution is 2.32. The quantitative estimate of drug-likeness (QED) is 0.856. The van der Waals surface area contributed by atoms with Crippen molar-refractivity contribution >= 4 is 29.3 Å². The van der Waals surface area contributed by atoms with Crippen LogP contribution >= 0.6 is 11.6 Å². The molecule has 2 aliphatic rings. The second kappa shape index (κ2) is 4.90. The lowest BCUT2D eigenvalue weighted by atomic mass is 10.1. The lowest BCUT2D eigenvalue weighted by Gasteiger charge is -2.26. The third kappa shape index (κ3) is 2.41. The van der Waals surface area contributed by atoms with Gasteiger partial charge in [-0.3, -0.25) is 19.7 Å². The van der Waals surface area contributed by atoms with Crippen LogP contribution in [0.3, 0.4) is 0 Å². The molecule has 6 heteroatoms. The number of rotatable bonds is 3. The maximum absolute atomic E-state index is 12.6. The average molecular weight is 293 g/mol. The molecule has 0 radical (unpaired) electrons. The summed E-state index contributed by atoms with van der Waals surface area (Å²) in [5.74, 6) is -0.966. The Kier molecular flexibility index (Phi) is 3.22. The van der Waals surface area contributed by atoms with Crippen molar-refractivity contribution in [2.24, 2.45) is 0 Å². The first-order valence-corrected chi connectivity index (χ1v) is 6.86. The molecule has 5 nitrogen and oxygen atoms in total. The predicted octanol–water partition coefficient (Wildman–Crippen LogP) is 1.36. The third-order valence-electron chi connectivity index (χ3n) is 3.53. The zero-order valence-corrected chi connectivity index (χ0v) is 11.4. The Labute approximate surface area is 120 Å². The summed E-state index contributed by atoms with van der Waals surface area (Å²) >= 11 is 5.90. The van der Waals surface area contributed by atoms with Gasteiger partial charge in [-0.05, 0) is 31.0 Å². The fraction of sp³-hybridized carbons (Fsp3) is 0.357. The van der Waals surface area contributed by atoms with Crippen molar-refractivity contribution in [3.8, 4) is 0 Å². The van der Waals surface area contributed by atoms with Crippen LogP contribution in [0.15, 0.2) is 24.3 Å². The molecule has 1 saturated heterocycles. The van der Waals surface area contributed by atoms with E-state index in [1.54, 1.807) is 24.3 Å². The molecule has 1 saturated carbocycles. The highest BCUT2D eigenvalue weighted by molar-refractivity contribution is 6.31. The molecular formula is C14H13ClN2O3. The molecule has 20 heavy (non-hydrogen) atoms. The molecule has 1 atom stereocenters. The third-order valence-corrected chi connectivity index (χ3v) is 3.76. The second-order valence-corrected chi connectivity index (χ2v) is 5.52. The number of hydrogen-bond acceptors (Lipinski definition) is 3. The molecule has 3 amide bonds. The van der Waals surface area contributed by atoms with Gasteiger partial charge in [-0.1, -0.05) is 17.7 Å². The van der Waals surface area contributed by atoms with Crippen molar-refractivity contribution in [1.29, 1.82) is 0 Å². The van der Waals surface area contributed by atoms with Gasteiger partial charge in [-0.15, -0.1) is 0 Å². The average Bonchev–Trinajstić information content (AvgIpc) is 3.16. The van der Waals surface area contributed by atoms with Crippen LogP contribution in [0.5, 0.6) is 0 Å². The summed E-state index contributed by atoms with van der Waals surface area (Å²) in [6.07, 6.45) is 1.77. The number of halogens is 1. The van der Waals surface area contributed by atoms with Crippen LogP contribution in [0.4, 0.5) is 0 Å². The van der Waals surface area contributed by atoms with Crippen molar-refractivity contribution in [1.82, 2.24) is 10.2 Å². The van der Waals surface area contributed by atoms with E-state index in [9.17, 15) is 14.4 Å². The molecule has 2 fully saturated rings. The number of benzene rings is 1. The zero-order chi connectivity index (χ0) is 14.3. The molecule has 1 aromatic carbocycles. The monoisotopic (exact) mass is 292 g/mol. The molecule has 3 rings (SSSR count). The Hall–Kier alpha value is -1.88.